The summed E-state index contributed by atoms with van der Waals surface area (Å²) in [4.78, 5) is 30.9. The Morgan fingerprint density at radius 3 is 2.77 bits per heavy atom. The first kappa shape index (κ1) is 21.5. The van der Waals surface area contributed by atoms with Gasteiger partial charge in [0.15, 0.2) is 0 Å². The van der Waals surface area contributed by atoms with E-state index in [1.165, 1.54) is 11.3 Å². The van der Waals surface area contributed by atoms with Crippen LogP contribution in [0.5, 0.6) is 0 Å². The van der Waals surface area contributed by atoms with Gasteiger partial charge in [-0.05, 0) is 55.6 Å². The Morgan fingerprint density at radius 1 is 1.16 bits per heavy atom. The van der Waals surface area contributed by atoms with E-state index in [1.807, 2.05) is 54.8 Å². The molecule has 0 saturated heterocycles. The van der Waals surface area contributed by atoms with Crippen LogP contribution in [0.2, 0.25) is 0 Å². The lowest BCUT2D eigenvalue weighted by atomic mass is 10.2. The van der Waals surface area contributed by atoms with Crippen molar-refractivity contribution in [1.29, 1.82) is 0 Å². The third-order valence-electron chi connectivity index (χ3n) is 4.42. The molecule has 0 spiro atoms. The molecular formula is C23H20N2O3S3. The summed E-state index contributed by atoms with van der Waals surface area (Å²) in [5.74, 6) is 0.222. The lowest BCUT2D eigenvalue weighted by Crippen LogP contribution is -2.12. The number of carbonyl (C=O) groups excluding carboxylic acids is 2. The molecule has 2 heterocycles. The molecule has 0 unspecified atom stereocenters. The van der Waals surface area contributed by atoms with Gasteiger partial charge in [-0.2, -0.15) is 0 Å². The SMILES string of the molecule is CCOC(=O)c1cc2cc(NC(=O)c3ccccc3SCc3csc(C)n3)ccc2s1. The van der Waals surface area contributed by atoms with Crippen LogP contribution in [0, 0.1) is 6.92 Å². The van der Waals surface area contributed by atoms with E-state index in [1.54, 1.807) is 36.1 Å². The van der Waals surface area contributed by atoms with Gasteiger partial charge in [0.2, 0.25) is 0 Å². The molecule has 2 aromatic heterocycles. The summed E-state index contributed by atoms with van der Waals surface area (Å²) in [6, 6.07) is 15.0. The first-order valence-corrected chi connectivity index (χ1v) is 12.4. The van der Waals surface area contributed by atoms with Gasteiger partial charge in [-0.3, -0.25) is 4.79 Å². The lowest BCUT2D eigenvalue weighted by Gasteiger charge is -2.10. The van der Waals surface area contributed by atoms with Crippen LogP contribution in [0.25, 0.3) is 10.1 Å². The average molecular weight is 469 g/mol. The summed E-state index contributed by atoms with van der Waals surface area (Å²) in [6.45, 7) is 4.11. The number of fused-ring (bicyclic) bond motifs is 1. The molecule has 0 aliphatic heterocycles. The van der Waals surface area contributed by atoms with E-state index in [-0.39, 0.29) is 11.9 Å². The number of hydrogen-bond donors (Lipinski definition) is 1. The smallest absolute Gasteiger partial charge is 0.348 e. The first-order valence-electron chi connectivity index (χ1n) is 9.68. The van der Waals surface area contributed by atoms with E-state index >= 15 is 0 Å². The number of rotatable bonds is 7. The molecule has 8 heteroatoms. The molecule has 2 aromatic carbocycles. The second kappa shape index (κ2) is 9.64. The molecule has 31 heavy (non-hydrogen) atoms. The average Bonchev–Trinajstić information content (AvgIpc) is 3.38. The number of nitrogens with one attached hydrogen (secondary N) is 1. The van der Waals surface area contributed by atoms with Gasteiger partial charge in [0.25, 0.3) is 5.91 Å². The van der Waals surface area contributed by atoms with Crippen molar-refractivity contribution in [2.45, 2.75) is 24.5 Å². The maximum atomic E-state index is 13.0. The van der Waals surface area contributed by atoms with Crippen LogP contribution in [0.4, 0.5) is 5.69 Å². The Labute approximate surface area is 192 Å². The molecule has 5 nitrogen and oxygen atoms in total. The van der Waals surface area contributed by atoms with Gasteiger partial charge in [-0.25, -0.2) is 9.78 Å². The van der Waals surface area contributed by atoms with E-state index in [0.717, 1.165) is 25.7 Å². The van der Waals surface area contributed by atoms with Crippen molar-refractivity contribution in [1.82, 2.24) is 4.98 Å². The number of aromatic nitrogens is 1. The molecule has 0 aliphatic rings. The number of aryl methyl sites for hydroxylation is 1. The highest BCUT2D eigenvalue weighted by Gasteiger charge is 2.15. The summed E-state index contributed by atoms with van der Waals surface area (Å²) in [7, 11) is 0. The fraction of sp³-hybridized carbons (Fsp3) is 0.174. The minimum absolute atomic E-state index is 0.169. The summed E-state index contributed by atoms with van der Waals surface area (Å²) in [6.07, 6.45) is 0. The Balaban J connectivity index is 1.50. The van der Waals surface area contributed by atoms with Crippen molar-refractivity contribution < 1.29 is 14.3 Å². The molecule has 158 valence electrons. The van der Waals surface area contributed by atoms with Crippen molar-refractivity contribution in [3.8, 4) is 0 Å². The lowest BCUT2D eigenvalue weighted by molar-refractivity contribution is 0.0532. The second-order valence-corrected chi connectivity index (χ2v) is 9.84. The maximum absolute atomic E-state index is 13.0. The standard InChI is InChI=1S/C23H20N2O3S3/c1-3-28-23(27)21-11-15-10-16(8-9-19(15)31-21)25-22(26)18-6-4-5-7-20(18)30-13-17-12-29-14(2)24-17/h4-12H,3,13H2,1-2H3,(H,25,26). The van der Waals surface area contributed by atoms with Crippen LogP contribution in [0.3, 0.4) is 0 Å². The van der Waals surface area contributed by atoms with E-state index in [9.17, 15) is 9.59 Å². The Hall–Kier alpha value is -2.68. The monoisotopic (exact) mass is 468 g/mol. The van der Waals surface area contributed by atoms with Gasteiger partial charge in [-0.1, -0.05) is 12.1 Å². The highest BCUT2D eigenvalue weighted by atomic mass is 32.2. The van der Waals surface area contributed by atoms with Gasteiger partial charge < -0.3 is 10.1 Å². The number of thioether (sulfide) groups is 1. The number of thiophene rings is 1. The topological polar surface area (TPSA) is 68.3 Å². The number of anilines is 1. The van der Waals surface area contributed by atoms with Crippen LogP contribution in [0.15, 0.2) is 58.8 Å². The normalized spacial score (nSPS) is 10.9. The first-order chi connectivity index (χ1) is 15.0. The van der Waals surface area contributed by atoms with Gasteiger partial charge in [0.05, 0.1) is 22.9 Å². The number of carbonyl (C=O) groups is 2. The van der Waals surface area contributed by atoms with Crippen molar-refractivity contribution in [2.24, 2.45) is 0 Å². The predicted molar refractivity (Wildman–Crippen MR) is 129 cm³/mol. The van der Waals surface area contributed by atoms with Crippen LogP contribution >= 0.6 is 34.4 Å². The summed E-state index contributed by atoms with van der Waals surface area (Å²) in [5.41, 5.74) is 2.32. The zero-order valence-corrected chi connectivity index (χ0v) is 19.5. The second-order valence-electron chi connectivity index (χ2n) is 6.68. The molecule has 4 aromatic rings. The van der Waals surface area contributed by atoms with E-state index in [4.69, 9.17) is 4.74 Å². The molecule has 1 N–H and O–H groups in total. The number of nitrogens with zero attached hydrogens (tertiary/aromatic N) is 1. The molecule has 1 amide bonds. The summed E-state index contributed by atoms with van der Waals surface area (Å²) in [5, 5.41) is 6.96. The number of amides is 1. The number of benzene rings is 2. The highest BCUT2D eigenvalue weighted by Crippen LogP contribution is 2.30. The largest absolute Gasteiger partial charge is 0.462 e. The van der Waals surface area contributed by atoms with Crippen LogP contribution in [-0.4, -0.2) is 23.5 Å². The van der Waals surface area contributed by atoms with Crippen molar-refractivity contribution in [3.05, 3.63) is 75.1 Å². The molecule has 0 fully saturated rings. The molecule has 4 rings (SSSR count). The van der Waals surface area contributed by atoms with Crippen LogP contribution < -0.4 is 5.32 Å². The van der Waals surface area contributed by atoms with Gasteiger partial charge in [-0.15, -0.1) is 34.4 Å². The van der Waals surface area contributed by atoms with Crippen LogP contribution in [-0.2, 0) is 10.5 Å². The minimum Gasteiger partial charge on any atom is -0.462 e. The van der Waals surface area contributed by atoms with E-state index < -0.39 is 0 Å². The third kappa shape index (κ3) is 5.15. The molecule has 0 aliphatic carbocycles. The van der Waals surface area contributed by atoms with Crippen molar-refractivity contribution >= 4 is 62.1 Å². The number of hydrogen-bond acceptors (Lipinski definition) is 7. The minimum atomic E-state index is -0.324. The fourth-order valence-electron chi connectivity index (χ4n) is 3.03. The summed E-state index contributed by atoms with van der Waals surface area (Å²) >= 11 is 4.61. The van der Waals surface area contributed by atoms with Gasteiger partial charge in [0, 0.05) is 26.4 Å². The van der Waals surface area contributed by atoms with Crippen LogP contribution in [0.1, 0.15) is 37.7 Å². The predicted octanol–water partition coefficient (Wildman–Crippen LogP) is 6.39. The van der Waals surface area contributed by atoms with Crippen molar-refractivity contribution in [2.75, 3.05) is 11.9 Å². The zero-order valence-electron chi connectivity index (χ0n) is 17.0. The number of esters is 1. The van der Waals surface area contributed by atoms with E-state index in [2.05, 4.69) is 10.3 Å². The van der Waals surface area contributed by atoms with Crippen molar-refractivity contribution in [3.63, 3.8) is 0 Å². The molecule has 0 radical (unpaired) electrons. The molecule has 0 saturated carbocycles. The maximum Gasteiger partial charge on any atom is 0.348 e. The summed E-state index contributed by atoms with van der Waals surface area (Å²) < 4.78 is 6.04. The van der Waals surface area contributed by atoms with E-state index in [0.29, 0.717) is 28.5 Å². The Bertz CT molecular complexity index is 1250. The molecular weight excluding hydrogens is 448 g/mol. The molecule has 0 atom stereocenters. The van der Waals surface area contributed by atoms with Gasteiger partial charge in [0.1, 0.15) is 4.88 Å². The molecule has 0 bridgehead atoms. The Kier molecular flexibility index (Phi) is 6.70. The number of ether oxygens (including phenoxy) is 1. The fourth-order valence-corrected chi connectivity index (χ4v) is 5.63. The Morgan fingerprint density at radius 2 is 2.00 bits per heavy atom. The van der Waals surface area contributed by atoms with Gasteiger partial charge >= 0.3 is 5.97 Å². The highest BCUT2D eigenvalue weighted by molar-refractivity contribution is 7.98. The number of thiazole rings is 1. The zero-order chi connectivity index (χ0) is 21.8. The quantitative estimate of drug-likeness (QED) is 0.251. The third-order valence-corrected chi connectivity index (χ3v) is 7.45.